The lowest BCUT2D eigenvalue weighted by molar-refractivity contribution is 0.0789. The summed E-state index contributed by atoms with van der Waals surface area (Å²) in [6.07, 6.45) is 2.52. The highest BCUT2D eigenvalue weighted by Gasteiger charge is 2.15. The standard InChI is InChI=1S/C14H21NO3/c1-11-6-7-12(13(17)10-11)14(18)15(2)8-4-3-5-9-16/h6-7,10,16-17H,3-5,8-9H2,1-2H3. The van der Waals surface area contributed by atoms with Crippen molar-refractivity contribution in [2.45, 2.75) is 26.2 Å². The Morgan fingerprint density at radius 3 is 2.61 bits per heavy atom. The predicted octanol–water partition coefficient (Wildman–Crippen LogP) is 1.94. The molecule has 0 aliphatic heterocycles. The van der Waals surface area contributed by atoms with E-state index in [1.807, 2.05) is 13.0 Å². The van der Waals surface area contributed by atoms with Crippen LogP contribution in [0.5, 0.6) is 5.75 Å². The number of hydrogen-bond acceptors (Lipinski definition) is 3. The van der Waals surface area contributed by atoms with E-state index in [9.17, 15) is 9.90 Å². The number of aryl methyl sites for hydroxylation is 1. The van der Waals surface area contributed by atoms with Gasteiger partial charge in [0.05, 0.1) is 5.56 Å². The van der Waals surface area contributed by atoms with Crippen LogP contribution in [0.2, 0.25) is 0 Å². The lowest BCUT2D eigenvalue weighted by Crippen LogP contribution is -2.27. The third kappa shape index (κ3) is 4.04. The molecule has 0 fully saturated rings. The maximum absolute atomic E-state index is 12.1. The van der Waals surface area contributed by atoms with Gasteiger partial charge in [0.15, 0.2) is 0 Å². The van der Waals surface area contributed by atoms with Gasteiger partial charge in [0.2, 0.25) is 0 Å². The molecule has 1 aromatic rings. The summed E-state index contributed by atoms with van der Waals surface area (Å²) in [6.45, 7) is 2.69. The molecule has 0 bridgehead atoms. The van der Waals surface area contributed by atoms with E-state index < -0.39 is 0 Å². The molecule has 0 atom stereocenters. The van der Waals surface area contributed by atoms with Crippen LogP contribution in [-0.4, -0.2) is 41.2 Å². The normalized spacial score (nSPS) is 10.4. The van der Waals surface area contributed by atoms with Gasteiger partial charge in [0.25, 0.3) is 5.91 Å². The summed E-state index contributed by atoms with van der Waals surface area (Å²) in [5.41, 5.74) is 1.26. The summed E-state index contributed by atoms with van der Waals surface area (Å²) >= 11 is 0. The highest BCUT2D eigenvalue weighted by Crippen LogP contribution is 2.20. The largest absolute Gasteiger partial charge is 0.507 e. The van der Waals surface area contributed by atoms with Crippen molar-refractivity contribution in [3.8, 4) is 5.75 Å². The second-order valence-electron chi connectivity index (χ2n) is 4.53. The Balaban J connectivity index is 2.57. The zero-order chi connectivity index (χ0) is 13.5. The number of carbonyl (C=O) groups is 1. The Labute approximate surface area is 108 Å². The van der Waals surface area contributed by atoms with E-state index in [0.29, 0.717) is 12.1 Å². The molecule has 100 valence electrons. The van der Waals surface area contributed by atoms with E-state index in [1.165, 1.54) is 0 Å². The van der Waals surface area contributed by atoms with E-state index in [-0.39, 0.29) is 18.3 Å². The number of phenolic OH excluding ortho intramolecular Hbond substituents is 1. The number of unbranched alkanes of at least 4 members (excludes halogenated alkanes) is 2. The van der Waals surface area contributed by atoms with Crippen molar-refractivity contribution in [2.75, 3.05) is 20.2 Å². The molecule has 0 aromatic heterocycles. The molecule has 1 amide bonds. The second kappa shape index (κ2) is 7.01. The van der Waals surface area contributed by atoms with E-state index in [4.69, 9.17) is 5.11 Å². The maximum Gasteiger partial charge on any atom is 0.257 e. The molecule has 0 aliphatic carbocycles. The number of phenols is 1. The molecule has 0 unspecified atom stereocenters. The summed E-state index contributed by atoms with van der Waals surface area (Å²) in [7, 11) is 1.72. The highest BCUT2D eigenvalue weighted by molar-refractivity contribution is 5.96. The molecular weight excluding hydrogens is 230 g/mol. The van der Waals surface area contributed by atoms with Gasteiger partial charge in [-0.15, -0.1) is 0 Å². The summed E-state index contributed by atoms with van der Waals surface area (Å²) in [5, 5.41) is 18.4. The number of nitrogens with zero attached hydrogens (tertiary/aromatic N) is 1. The molecule has 4 nitrogen and oxygen atoms in total. The molecular formula is C14H21NO3. The smallest absolute Gasteiger partial charge is 0.257 e. The minimum atomic E-state index is -0.170. The van der Waals surface area contributed by atoms with Crippen molar-refractivity contribution in [2.24, 2.45) is 0 Å². The molecule has 0 heterocycles. The Hall–Kier alpha value is -1.55. The first-order valence-corrected chi connectivity index (χ1v) is 6.22. The van der Waals surface area contributed by atoms with Crippen molar-refractivity contribution < 1.29 is 15.0 Å². The Bertz CT molecular complexity index is 404. The molecule has 0 spiro atoms. The van der Waals surface area contributed by atoms with Gasteiger partial charge in [-0.1, -0.05) is 6.07 Å². The number of aliphatic hydroxyl groups is 1. The second-order valence-corrected chi connectivity index (χ2v) is 4.53. The minimum absolute atomic E-state index is 0.0298. The molecule has 0 saturated heterocycles. The van der Waals surface area contributed by atoms with Crippen LogP contribution in [0.3, 0.4) is 0 Å². The number of hydrogen-bond donors (Lipinski definition) is 2. The van der Waals surface area contributed by atoms with Crippen LogP contribution in [-0.2, 0) is 0 Å². The number of benzene rings is 1. The third-order valence-corrected chi connectivity index (χ3v) is 2.88. The van der Waals surface area contributed by atoms with Crippen LogP contribution in [0.15, 0.2) is 18.2 Å². The molecule has 0 saturated carbocycles. The highest BCUT2D eigenvalue weighted by atomic mass is 16.3. The average molecular weight is 251 g/mol. The average Bonchev–Trinajstić information content (AvgIpc) is 2.33. The van der Waals surface area contributed by atoms with Crippen LogP contribution in [0.4, 0.5) is 0 Å². The van der Waals surface area contributed by atoms with Gasteiger partial charge < -0.3 is 15.1 Å². The minimum Gasteiger partial charge on any atom is -0.507 e. The third-order valence-electron chi connectivity index (χ3n) is 2.88. The first-order valence-electron chi connectivity index (χ1n) is 6.22. The molecule has 2 N–H and O–H groups in total. The van der Waals surface area contributed by atoms with Gasteiger partial charge in [-0.05, 0) is 43.9 Å². The van der Waals surface area contributed by atoms with E-state index >= 15 is 0 Å². The first kappa shape index (κ1) is 14.5. The zero-order valence-electron chi connectivity index (χ0n) is 11.0. The first-order chi connectivity index (χ1) is 8.56. The zero-order valence-corrected chi connectivity index (χ0v) is 11.0. The SMILES string of the molecule is Cc1ccc(C(=O)N(C)CCCCCO)c(O)c1. The molecule has 4 heteroatoms. The van der Waals surface area contributed by atoms with Crippen LogP contribution in [0.25, 0.3) is 0 Å². The fourth-order valence-corrected chi connectivity index (χ4v) is 1.77. The summed E-state index contributed by atoms with van der Waals surface area (Å²) < 4.78 is 0. The summed E-state index contributed by atoms with van der Waals surface area (Å²) in [4.78, 5) is 13.7. The van der Waals surface area contributed by atoms with Crippen molar-refractivity contribution in [1.29, 1.82) is 0 Å². The molecule has 0 radical (unpaired) electrons. The van der Waals surface area contributed by atoms with Crippen LogP contribution in [0.1, 0.15) is 35.2 Å². The van der Waals surface area contributed by atoms with Crippen molar-refractivity contribution in [3.05, 3.63) is 29.3 Å². The molecule has 0 aliphatic rings. The lowest BCUT2D eigenvalue weighted by atomic mass is 10.1. The fraction of sp³-hybridized carbons (Fsp3) is 0.500. The van der Waals surface area contributed by atoms with Gasteiger partial charge >= 0.3 is 0 Å². The number of aliphatic hydroxyl groups excluding tert-OH is 1. The van der Waals surface area contributed by atoms with Crippen molar-refractivity contribution >= 4 is 5.91 Å². The quantitative estimate of drug-likeness (QED) is 0.759. The lowest BCUT2D eigenvalue weighted by Gasteiger charge is -2.17. The number of rotatable bonds is 6. The molecule has 18 heavy (non-hydrogen) atoms. The molecule has 1 rings (SSSR count). The number of carbonyl (C=O) groups excluding carboxylic acids is 1. The van der Waals surface area contributed by atoms with Gasteiger partial charge in [-0.25, -0.2) is 0 Å². The topological polar surface area (TPSA) is 60.8 Å². The molecule has 1 aromatic carbocycles. The Morgan fingerprint density at radius 2 is 2.00 bits per heavy atom. The van der Waals surface area contributed by atoms with E-state index in [1.54, 1.807) is 24.1 Å². The summed E-state index contributed by atoms with van der Waals surface area (Å²) in [6, 6.07) is 5.05. The van der Waals surface area contributed by atoms with Gasteiger partial charge in [-0.3, -0.25) is 4.79 Å². The summed E-state index contributed by atoms with van der Waals surface area (Å²) in [5.74, 6) is -0.140. The van der Waals surface area contributed by atoms with Crippen molar-refractivity contribution in [1.82, 2.24) is 4.90 Å². The van der Waals surface area contributed by atoms with E-state index in [2.05, 4.69) is 0 Å². The fourth-order valence-electron chi connectivity index (χ4n) is 1.77. The predicted molar refractivity (Wildman–Crippen MR) is 70.7 cm³/mol. The number of amides is 1. The van der Waals surface area contributed by atoms with E-state index in [0.717, 1.165) is 24.8 Å². The van der Waals surface area contributed by atoms with Gasteiger partial charge in [0, 0.05) is 20.2 Å². The van der Waals surface area contributed by atoms with Crippen LogP contribution in [0, 0.1) is 6.92 Å². The van der Waals surface area contributed by atoms with Crippen LogP contribution >= 0.6 is 0 Å². The van der Waals surface area contributed by atoms with Crippen molar-refractivity contribution in [3.63, 3.8) is 0 Å². The van der Waals surface area contributed by atoms with Gasteiger partial charge in [0.1, 0.15) is 5.75 Å². The monoisotopic (exact) mass is 251 g/mol. The Kier molecular flexibility index (Phi) is 5.65. The number of aromatic hydroxyl groups is 1. The van der Waals surface area contributed by atoms with Crippen LogP contribution < -0.4 is 0 Å². The Morgan fingerprint density at radius 1 is 1.28 bits per heavy atom. The van der Waals surface area contributed by atoms with Gasteiger partial charge in [-0.2, -0.15) is 0 Å². The maximum atomic E-state index is 12.1.